The van der Waals surface area contributed by atoms with E-state index in [9.17, 15) is 9.90 Å². The summed E-state index contributed by atoms with van der Waals surface area (Å²) in [5.74, 6) is 0.702. The zero-order valence-corrected chi connectivity index (χ0v) is 14.5. The second-order valence-electron chi connectivity index (χ2n) is 6.74. The molecule has 1 N–H and O–H groups in total. The van der Waals surface area contributed by atoms with E-state index >= 15 is 0 Å². The number of rotatable bonds is 5. The number of carbonyl (C=O) groups is 1. The maximum Gasteiger partial charge on any atom is 0.320 e. The van der Waals surface area contributed by atoms with Gasteiger partial charge in [0.25, 0.3) is 0 Å². The lowest BCUT2D eigenvalue weighted by Gasteiger charge is -2.39. The summed E-state index contributed by atoms with van der Waals surface area (Å²) in [5.41, 5.74) is 1.98. The molecule has 2 unspecified atom stereocenters. The van der Waals surface area contributed by atoms with Crippen LogP contribution >= 0.6 is 0 Å². The van der Waals surface area contributed by atoms with E-state index in [0.29, 0.717) is 12.8 Å². The lowest BCUT2D eigenvalue weighted by Crippen LogP contribution is -2.47. The van der Waals surface area contributed by atoms with Crippen molar-refractivity contribution >= 4 is 5.97 Å². The number of ether oxygens (including phenoxy) is 2. The van der Waals surface area contributed by atoms with Gasteiger partial charge in [0.1, 0.15) is 6.04 Å². The quantitative estimate of drug-likeness (QED) is 0.890. The van der Waals surface area contributed by atoms with Gasteiger partial charge in [0, 0.05) is 24.4 Å². The number of piperidine rings is 1. The predicted molar refractivity (Wildman–Crippen MR) is 95.2 cm³/mol. The summed E-state index contributed by atoms with van der Waals surface area (Å²) in [6, 6.07) is 11.2. The number of carboxylic acid groups (broad SMARTS) is 1. The summed E-state index contributed by atoms with van der Waals surface area (Å²) in [6.45, 7) is 0.994. The van der Waals surface area contributed by atoms with Crippen LogP contribution in [0.3, 0.4) is 0 Å². The van der Waals surface area contributed by atoms with E-state index in [1.807, 2.05) is 36.4 Å². The van der Waals surface area contributed by atoms with Gasteiger partial charge in [-0.2, -0.15) is 0 Å². The topological polar surface area (TPSA) is 71.9 Å². The molecule has 0 radical (unpaired) electrons. The normalized spacial score (nSPS) is 20.7. The Balaban J connectivity index is 1.70. The molecular weight excluding hydrogens is 332 g/mol. The zero-order chi connectivity index (χ0) is 17.9. The Labute approximate surface area is 152 Å². The van der Waals surface area contributed by atoms with Gasteiger partial charge in [0.05, 0.1) is 0 Å². The first-order valence-corrected chi connectivity index (χ1v) is 9.00. The van der Waals surface area contributed by atoms with Gasteiger partial charge >= 0.3 is 5.97 Å². The monoisotopic (exact) mass is 354 g/mol. The van der Waals surface area contributed by atoms with Crippen LogP contribution in [-0.2, 0) is 11.2 Å². The van der Waals surface area contributed by atoms with E-state index in [-0.39, 0.29) is 12.8 Å². The molecule has 0 spiro atoms. The second-order valence-corrected chi connectivity index (χ2v) is 6.74. The zero-order valence-electron chi connectivity index (χ0n) is 14.5. The number of pyridine rings is 1. The van der Waals surface area contributed by atoms with Gasteiger partial charge in [0.2, 0.25) is 6.79 Å². The van der Waals surface area contributed by atoms with Gasteiger partial charge in [-0.05, 0) is 49.2 Å². The van der Waals surface area contributed by atoms with E-state index < -0.39 is 12.0 Å². The van der Waals surface area contributed by atoms with Crippen molar-refractivity contribution in [2.24, 2.45) is 0 Å². The van der Waals surface area contributed by atoms with E-state index in [1.165, 1.54) is 0 Å². The van der Waals surface area contributed by atoms with Crippen molar-refractivity contribution in [2.75, 3.05) is 13.3 Å². The van der Waals surface area contributed by atoms with Crippen molar-refractivity contribution in [3.8, 4) is 11.5 Å². The maximum absolute atomic E-state index is 11.8. The third-order valence-corrected chi connectivity index (χ3v) is 5.14. The smallest absolute Gasteiger partial charge is 0.320 e. The molecule has 1 fully saturated rings. The standard InChI is InChI=1S/C20H22N2O4/c23-20(24)16-6-2-4-10-22(16)17(12-15-5-1-3-9-21-15)14-7-8-18-19(11-14)26-13-25-18/h1,3,5,7-9,11,16-17H,2,4,6,10,12-13H2,(H,23,24). The van der Waals surface area contributed by atoms with Gasteiger partial charge in [0.15, 0.2) is 11.5 Å². The second kappa shape index (κ2) is 7.33. The largest absolute Gasteiger partial charge is 0.480 e. The molecule has 6 nitrogen and oxygen atoms in total. The van der Waals surface area contributed by atoms with Crippen LogP contribution in [0.1, 0.15) is 36.6 Å². The van der Waals surface area contributed by atoms with Gasteiger partial charge in [-0.25, -0.2) is 0 Å². The van der Waals surface area contributed by atoms with Crippen molar-refractivity contribution in [1.82, 2.24) is 9.88 Å². The molecular formula is C20H22N2O4. The van der Waals surface area contributed by atoms with Crippen molar-refractivity contribution in [1.29, 1.82) is 0 Å². The number of nitrogens with zero attached hydrogens (tertiary/aromatic N) is 2. The van der Waals surface area contributed by atoms with Crippen LogP contribution in [0.15, 0.2) is 42.6 Å². The summed E-state index contributed by atoms with van der Waals surface area (Å²) in [4.78, 5) is 18.4. The predicted octanol–water partition coefficient (Wildman–Crippen LogP) is 3.03. The average Bonchev–Trinajstić information content (AvgIpc) is 3.14. The number of aliphatic carboxylic acids is 1. The fourth-order valence-electron chi connectivity index (χ4n) is 3.86. The average molecular weight is 354 g/mol. The number of benzene rings is 1. The van der Waals surface area contributed by atoms with E-state index in [4.69, 9.17) is 9.47 Å². The Hall–Kier alpha value is -2.60. The van der Waals surface area contributed by atoms with Crippen molar-refractivity contribution in [3.05, 3.63) is 53.9 Å². The van der Waals surface area contributed by atoms with Crippen LogP contribution in [0.5, 0.6) is 11.5 Å². The van der Waals surface area contributed by atoms with Gasteiger partial charge in [-0.3, -0.25) is 14.7 Å². The molecule has 0 aliphatic carbocycles. The van der Waals surface area contributed by atoms with Crippen molar-refractivity contribution < 1.29 is 19.4 Å². The molecule has 0 bridgehead atoms. The Morgan fingerprint density at radius 1 is 1.23 bits per heavy atom. The molecule has 3 heterocycles. The van der Waals surface area contributed by atoms with Crippen LogP contribution < -0.4 is 9.47 Å². The van der Waals surface area contributed by atoms with Crippen molar-refractivity contribution in [2.45, 2.75) is 37.8 Å². The number of hydrogen-bond acceptors (Lipinski definition) is 5. The minimum atomic E-state index is -0.753. The van der Waals surface area contributed by atoms with Crippen LogP contribution in [0.4, 0.5) is 0 Å². The van der Waals surface area contributed by atoms with E-state index in [2.05, 4.69) is 9.88 Å². The minimum Gasteiger partial charge on any atom is -0.480 e. The third-order valence-electron chi connectivity index (χ3n) is 5.14. The Morgan fingerprint density at radius 3 is 2.92 bits per heavy atom. The highest BCUT2D eigenvalue weighted by Gasteiger charge is 2.35. The molecule has 26 heavy (non-hydrogen) atoms. The number of aromatic nitrogens is 1. The minimum absolute atomic E-state index is 0.0687. The molecule has 2 atom stereocenters. The highest BCUT2D eigenvalue weighted by Crippen LogP contribution is 2.38. The molecule has 2 aliphatic heterocycles. The molecule has 1 aromatic carbocycles. The first kappa shape index (κ1) is 16.8. The van der Waals surface area contributed by atoms with Crippen LogP contribution in [-0.4, -0.2) is 40.3 Å². The summed E-state index contributed by atoms with van der Waals surface area (Å²) < 4.78 is 10.9. The lowest BCUT2D eigenvalue weighted by atomic mass is 9.93. The summed E-state index contributed by atoms with van der Waals surface area (Å²) in [5, 5.41) is 9.72. The first-order valence-electron chi connectivity index (χ1n) is 9.00. The van der Waals surface area contributed by atoms with E-state index in [1.54, 1.807) is 6.20 Å². The molecule has 1 aromatic heterocycles. The number of fused-ring (bicyclic) bond motifs is 1. The highest BCUT2D eigenvalue weighted by molar-refractivity contribution is 5.73. The molecule has 0 saturated carbocycles. The van der Waals surface area contributed by atoms with Crippen LogP contribution in [0.2, 0.25) is 0 Å². The molecule has 0 amide bonds. The third kappa shape index (κ3) is 3.37. The molecule has 2 aliphatic rings. The Morgan fingerprint density at radius 2 is 2.12 bits per heavy atom. The molecule has 6 heteroatoms. The summed E-state index contributed by atoms with van der Waals surface area (Å²) in [6.07, 6.45) is 5.07. The fraction of sp³-hybridized carbons (Fsp3) is 0.400. The number of hydrogen-bond donors (Lipinski definition) is 1. The SMILES string of the molecule is O=C(O)C1CCCCN1C(Cc1ccccn1)c1ccc2c(c1)OCO2. The Kier molecular flexibility index (Phi) is 4.75. The molecule has 136 valence electrons. The molecule has 1 saturated heterocycles. The lowest BCUT2D eigenvalue weighted by molar-refractivity contribution is -0.146. The van der Waals surface area contributed by atoms with Gasteiger partial charge in [-0.15, -0.1) is 0 Å². The Bertz CT molecular complexity index is 781. The maximum atomic E-state index is 11.8. The fourth-order valence-corrected chi connectivity index (χ4v) is 3.86. The van der Waals surface area contributed by atoms with Crippen molar-refractivity contribution in [3.63, 3.8) is 0 Å². The highest BCUT2D eigenvalue weighted by atomic mass is 16.7. The van der Waals surface area contributed by atoms with E-state index in [0.717, 1.165) is 42.1 Å². The molecule has 4 rings (SSSR count). The van der Waals surface area contributed by atoms with Crippen LogP contribution in [0, 0.1) is 0 Å². The number of likely N-dealkylation sites (tertiary alicyclic amines) is 1. The van der Waals surface area contributed by atoms with Gasteiger partial charge in [-0.1, -0.05) is 18.6 Å². The summed E-state index contributed by atoms with van der Waals surface area (Å²) in [7, 11) is 0. The summed E-state index contributed by atoms with van der Waals surface area (Å²) >= 11 is 0. The van der Waals surface area contributed by atoms with Crippen LogP contribution in [0.25, 0.3) is 0 Å². The molecule has 2 aromatic rings. The van der Waals surface area contributed by atoms with Gasteiger partial charge < -0.3 is 14.6 Å². The number of carboxylic acids is 1. The first-order chi connectivity index (χ1) is 12.7.